The van der Waals surface area contributed by atoms with E-state index in [4.69, 9.17) is 9.47 Å². The third-order valence-electron chi connectivity index (χ3n) is 3.13. The molecule has 1 aromatic rings. The molecule has 1 heterocycles. The minimum Gasteiger partial charge on any atom is -0.495 e. The molecule has 0 aliphatic carbocycles. The molecule has 0 radical (unpaired) electrons. The van der Waals surface area contributed by atoms with Gasteiger partial charge in [0, 0.05) is 20.2 Å². The van der Waals surface area contributed by atoms with Crippen LogP contribution < -0.4 is 20.7 Å². The van der Waals surface area contributed by atoms with E-state index < -0.39 is 0 Å². The molecular weight excluding hydrogens is 246 g/mol. The third kappa shape index (κ3) is 3.36. The van der Waals surface area contributed by atoms with Crippen LogP contribution in [0.15, 0.2) is 24.3 Å². The van der Waals surface area contributed by atoms with E-state index in [1.807, 2.05) is 12.1 Å². The first kappa shape index (κ1) is 13.6. The molecule has 1 saturated heterocycles. The quantitative estimate of drug-likeness (QED) is 0.753. The van der Waals surface area contributed by atoms with Gasteiger partial charge in [0.15, 0.2) is 0 Å². The Morgan fingerprint density at radius 2 is 2.11 bits per heavy atom. The summed E-state index contributed by atoms with van der Waals surface area (Å²) in [6, 6.07) is 6.99. The third-order valence-corrected chi connectivity index (χ3v) is 3.13. The molecule has 2 amide bonds. The number of hydrogen-bond acceptors (Lipinski definition) is 4. The summed E-state index contributed by atoms with van der Waals surface area (Å²) in [6.07, 6.45) is 0.00317. The second-order valence-corrected chi connectivity index (χ2v) is 4.34. The molecule has 0 aromatic heterocycles. The van der Waals surface area contributed by atoms with Crippen molar-refractivity contribution in [2.45, 2.75) is 12.1 Å². The molecule has 1 aromatic carbocycles. The molecule has 1 aliphatic heterocycles. The van der Waals surface area contributed by atoms with Gasteiger partial charge in [-0.15, -0.1) is 0 Å². The van der Waals surface area contributed by atoms with Crippen molar-refractivity contribution in [1.29, 1.82) is 0 Å². The Bertz CT molecular complexity index is 439. The van der Waals surface area contributed by atoms with Crippen molar-refractivity contribution in [1.82, 2.24) is 10.6 Å². The van der Waals surface area contributed by atoms with Crippen molar-refractivity contribution in [3.63, 3.8) is 0 Å². The summed E-state index contributed by atoms with van der Waals surface area (Å²) in [4.78, 5) is 11.9. The predicted octanol–water partition coefficient (Wildman–Crippen LogP) is 0.803. The zero-order chi connectivity index (χ0) is 13.7. The molecule has 0 spiro atoms. The highest BCUT2D eigenvalue weighted by Gasteiger charge is 2.28. The molecule has 1 unspecified atom stereocenters. The van der Waals surface area contributed by atoms with Crippen molar-refractivity contribution < 1.29 is 14.3 Å². The van der Waals surface area contributed by atoms with Gasteiger partial charge < -0.3 is 25.4 Å². The number of urea groups is 1. The Morgan fingerprint density at radius 3 is 2.84 bits per heavy atom. The topological polar surface area (TPSA) is 71.6 Å². The van der Waals surface area contributed by atoms with Crippen LogP contribution >= 0.6 is 0 Å². The van der Waals surface area contributed by atoms with Crippen LogP contribution in [-0.4, -0.2) is 45.5 Å². The summed E-state index contributed by atoms with van der Waals surface area (Å²) in [7, 11) is 3.21. The Hall–Kier alpha value is -1.79. The molecule has 2 rings (SSSR count). The van der Waals surface area contributed by atoms with Gasteiger partial charge in [0.1, 0.15) is 5.75 Å². The number of ether oxygens (including phenoxy) is 2. The van der Waals surface area contributed by atoms with Gasteiger partial charge in [-0.1, -0.05) is 12.1 Å². The van der Waals surface area contributed by atoms with E-state index >= 15 is 0 Å². The molecular formula is C13H19N3O3. The molecule has 6 nitrogen and oxygen atoms in total. The summed E-state index contributed by atoms with van der Waals surface area (Å²) in [6.45, 7) is 1.45. The molecule has 0 saturated carbocycles. The number of carbonyl (C=O) groups excluding carboxylic acids is 1. The van der Waals surface area contributed by atoms with Crippen LogP contribution in [0.5, 0.6) is 5.75 Å². The number of benzene rings is 1. The Balaban J connectivity index is 1.94. The summed E-state index contributed by atoms with van der Waals surface area (Å²) < 4.78 is 10.5. The molecule has 0 bridgehead atoms. The maximum Gasteiger partial charge on any atom is 0.319 e. The molecule has 19 heavy (non-hydrogen) atoms. The van der Waals surface area contributed by atoms with Gasteiger partial charge in [0.05, 0.1) is 24.9 Å². The SMILES string of the molecule is COc1ccccc1NC(=O)NC1CNC[C@@H]1OC. The number of amides is 2. The van der Waals surface area contributed by atoms with E-state index in [0.29, 0.717) is 18.0 Å². The normalized spacial score (nSPS) is 22.0. The summed E-state index contributed by atoms with van der Waals surface area (Å²) in [5.41, 5.74) is 0.641. The van der Waals surface area contributed by atoms with Crippen molar-refractivity contribution in [2.75, 3.05) is 32.6 Å². The highest BCUT2D eigenvalue weighted by molar-refractivity contribution is 5.91. The summed E-state index contributed by atoms with van der Waals surface area (Å²) >= 11 is 0. The zero-order valence-electron chi connectivity index (χ0n) is 11.1. The van der Waals surface area contributed by atoms with Gasteiger partial charge in [0.25, 0.3) is 0 Å². The van der Waals surface area contributed by atoms with E-state index in [1.54, 1.807) is 26.4 Å². The maximum atomic E-state index is 11.9. The molecule has 3 N–H and O–H groups in total. The van der Waals surface area contributed by atoms with Gasteiger partial charge in [-0.3, -0.25) is 0 Å². The lowest BCUT2D eigenvalue weighted by molar-refractivity contribution is 0.0991. The smallest absolute Gasteiger partial charge is 0.319 e. The first-order valence-corrected chi connectivity index (χ1v) is 6.18. The molecule has 6 heteroatoms. The van der Waals surface area contributed by atoms with Crippen LogP contribution in [0, 0.1) is 0 Å². The van der Waals surface area contributed by atoms with E-state index in [0.717, 1.165) is 6.54 Å². The monoisotopic (exact) mass is 265 g/mol. The lowest BCUT2D eigenvalue weighted by Crippen LogP contribution is -2.45. The lowest BCUT2D eigenvalue weighted by Gasteiger charge is -2.19. The van der Waals surface area contributed by atoms with Crippen molar-refractivity contribution in [2.24, 2.45) is 0 Å². The predicted molar refractivity (Wildman–Crippen MR) is 72.6 cm³/mol. The number of hydrogen-bond donors (Lipinski definition) is 3. The van der Waals surface area contributed by atoms with Crippen molar-refractivity contribution >= 4 is 11.7 Å². The number of anilines is 1. The minimum atomic E-state index is -0.264. The maximum absolute atomic E-state index is 11.9. The average molecular weight is 265 g/mol. The second kappa shape index (κ2) is 6.40. The Labute approximate surface area is 112 Å². The van der Waals surface area contributed by atoms with Crippen LogP contribution in [0.3, 0.4) is 0 Å². The molecule has 2 atom stereocenters. The fraction of sp³-hybridized carbons (Fsp3) is 0.462. The molecule has 104 valence electrons. The van der Waals surface area contributed by atoms with Gasteiger partial charge in [0.2, 0.25) is 0 Å². The van der Waals surface area contributed by atoms with Crippen LogP contribution in [0.2, 0.25) is 0 Å². The highest BCUT2D eigenvalue weighted by atomic mass is 16.5. The Kier molecular flexibility index (Phi) is 4.59. The number of methoxy groups -OCH3 is 2. The fourth-order valence-electron chi connectivity index (χ4n) is 2.12. The van der Waals surface area contributed by atoms with Crippen LogP contribution in [0.1, 0.15) is 0 Å². The molecule has 1 aliphatic rings. The van der Waals surface area contributed by atoms with E-state index in [1.165, 1.54) is 0 Å². The summed E-state index contributed by atoms with van der Waals surface area (Å²) in [5, 5.41) is 8.83. The van der Waals surface area contributed by atoms with Gasteiger partial charge >= 0.3 is 6.03 Å². The number of rotatable bonds is 4. The van der Waals surface area contributed by atoms with E-state index in [9.17, 15) is 4.79 Å². The largest absolute Gasteiger partial charge is 0.495 e. The van der Waals surface area contributed by atoms with Gasteiger partial charge in [-0.25, -0.2) is 4.79 Å². The standard InChI is InChI=1S/C13H19N3O3/c1-18-11-6-4-3-5-9(11)15-13(17)16-10-7-14-8-12(10)19-2/h3-6,10,12,14H,7-8H2,1-2H3,(H2,15,16,17)/t10?,12-/m0/s1. The van der Waals surface area contributed by atoms with Crippen LogP contribution in [-0.2, 0) is 4.74 Å². The average Bonchev–Trinajstić information content (AvgIpc) is 2.86. The number of carbonyl (C=O) groups is 1. The number of para-hydroxylation sites is 2. The first-order chi connectivity index (χ1) is 9.24. The fourth-order valence-corrected chi connectivity index (χ4v) is 2.12. The number of nitrogens with one attached hydrogen (secondary N) is 3. The van der Waals surface area contributed by atoms with Crippen molar-refractivity contribution in [3.8, 4) is 5.75 Å². The van der Waals surface area contributed by atoms with Crippen LogP contribution in [0.25, 0.3) is 0 Å². The van der Waals surface area contributed by atoms with Crippen LogP contribution in [0.4, 0.5) is 10.5 Å². The highest BCUT2D eigenvalue weighted by Crippen LogP contribution is 2.22. The first-order valence-electron chi connectivity index (χ1n) is 6.18. The van der Waals surface area contributed by atoms with E-state index in [-0.39, 0.29) is 18.2 Å². The lowest BCUT2D eigenvalue weighted by atomic mass is 10.2. The Morgan fingerprint density at radius 1 is 1.32 bits per heavy atom. The zero-order valence-corrected chi connectivity index (χ0v) is 11.1. The molecule has 1 fully saturated rings. The minimum absolute atomic E-state index is 0.00317. The van der Waals surface area contributed by atoms with Gasteiger partial charge in [-0.05, 0) is 12.1 Å². The van der Waals surface area contributed by atoms with Gasteiger partial charge in [-0.2, -0.15) is 0 Å². The second-order valence-electron chi connectivity index (χ2n) is 4.34. The van der Waals surface area contributed by atoms with E-state index in [2.05, 4.69) is 16.0 Å². The summed E-state index contributed by atoms with van der Waals surface area (Å²) in [5.74, 6) is 0.630. The van der Waals surface area contributed by atoms with Crippen molar-refractivity contribution in [3.05, 3.63) is 24.3 Å².